The van der Waals surface area contributed by atoms with Crippen molar-refractivity contribution in [2.45, 2.75) is 20.0 Å². The fourth-order valence-electron chi connectivity index (χ4n) is 2.26. The Morgan fingerprint density at radius 3 is 2.21 bits per heavy atom. The number of nitrogens with zero attached hydrogens (tertiary/aromatic N) is 1. The van der Waals surface area contributed by atoms with Crippen molar-refractivity contribution in [1.29, 1.82) is 0 Å². The van der Waals surface area contributed by atoms with Crippen molar-refractivity contribution in [3.63, 3.8) is 0 Å². The summed E-state index contributed by atoms with van der Waals surface area (Å²) < 4.78 is 75.6. The first-order valence-corrected chi connectivity index (χ1v) is 9.90. The van der Waals surface area contributed by atoms with Gasteiger partial charge in [-0.1, -0.05) is 6.07 Å². The highest BCUT2D eigenvalue weighted by atomic mass is 31.2. The van der Waals surface area contributed by atoms with Gasteiger partial charge in [-0.05, 0) is 56.3 Å². The molecule has 0 radical (unpaired) electrons. The summed E-state index contributed by atoms with van der Waals surface area (Å²) in [6, 6.07) is 9.28. The molecule has 0 saturated carbocycles. The quantitative estimate of drug-likeness (QED) is 0.252. The summed E-state index contributed by atoms with van der Waals surface area (Å²) >= 11 is 0. The summed E-state index contributed by atoms with van der Waals surface area (Å²) in [4.78, 5) is 0. The molecule has 0 spiro atoms. The van der Waals surface area contributed by atoms with Crippen LogP contribution < -0.4 is 5.43 Å². The van der Waals surface area contributed by atoms with Crippen LogP contribution in [0.3, 0.4) is 0 Å². The highest BCUT2D eigenvalue weighted by molar-refractivity contribution is 7.73. The summed E-state index contributed by atoms with van der Waals surface area (Å²) in [7, 11) is -3.91. The van der Waals surface area contributed by atoms with Gasteiger partial charge in [0.1, 0.15) is 5.82 Å². The molecule has 152 valence electrons. The van der Waals surface area contributed by atoms with E-state index in [2.05, 4.69) is 10.5 Å². The Bertz CT molecular complexity index is 860. The normalized spacial score (nSPS) is 12.9. The van der Waals surface area contributed by atoms with Gasteiger partial charge in [-0.3, -0.25) is 9.99 Å². The average molecular weight is 418 g/mol. The van der Waals surface area contributed by atoms with Crippen molar-refractivity contribution in [3.8, 4) is 0 Å². The topological polar surface area (TPSA) is 59.9 Å². The molecule has 2 aromatic rings. The van der Waals surface area contributed by atoms with E-state index < -0.39 is 25.2 Å². The minimum atomic E-state index is -4.52. The lowest BCUT2D eigenvalue weighted by molar-refractivity contribution is -0.137. The van der Waals surface area contributed by atoms with Gasteiger partial charge >= 0.3 is 13.8 Å². The minimum absolute atomic E-state index is 0.0222. The van der Waals surface area contributed by atoms with E-state index >= 15 is 0 Å². The van der Waals surface area contributed by atoms with E-state index in [1.807, 2.05) is 0 Å². The largest absolute Gasteiger partial charge is 0.416 e. The van der Waals surface area contributed by atoms with Gasteiger partial charge < -0.3 is 9.05 Å². The third kappa shape index (κ3) is 5.64. The van der Waals surface area contributed by atoms with Crippen LogP contribution in [0.25, 0.3) is 0 Å². The van der Waals surface area contributed by atoms with E-state index in [9.17, 15) is 22.1 Å². The van der Waals surface area contributed by atoms with Crippen molar-refractivity contribution in [1.82, 2.24) is 0 Å². The first kappa shape index (κ1) is 22.1. The van der Waals surface area contributed by atoms with E-state index in [0.717, 1.165) is 24.3 Å². The summed E-state index contributed by atoms with van der Waals surface area (Å²) in [5.41, 5.74) is 1.68. The van der Waals surface area contributed by atoms with Crippen LogP contribution in [0, 0.1) is 5.82 Å². The van der Waals surface area contributed by atoms with Gasteiger partial charge in [0.25, 0.3) is 0 Å². The van der Waals surface area contributed by atoms with Crippen LogP contribution in [0.1, 0.15) is 25.0 Å². The minimum Gasteiger partial charge on any atom is -0.304 e. The second-order valence-electron chi connectivity index (χ2n) is 5.47. The number of halogens is 4. The number of hydrazone groups is 1. The smallest absolute Gasteiger partial charge is 0.304 e. The zero-order chi connectivity index (χ0) is 20.8. The number of hydrogen-bond donors (Lipinski definition) is 1. The van der Waals surface area contributed by atoms with Gasteiger partial charge in [0.05, 0.1) is 24.5 Å². The summed E-state index contributed by atoms with van der Waals surface area (Å²) in [5, 5.41) is 3.99. The predicted octanol–water partition coefficient (Wildman–Crippen LogP) is 5.88. The van der Waals surface area contributed by atoms with Crippen molar-refractivity contribution < 1.29 is 31.2 Å². The van der Waals surface area contributed by atoms with Gasteiger partial charge in [0, 0.05) is 5.56 Å². The number of hydrogen-bond acceptors (Lipinski definition) is 5. The third-order valence-corrected chi connectivity index (χ3v) is 5.51. The molecule has 10 heteroatoms. The molecule has 2 rings (SSSR count). The second kappa shape index (κ2) is 9.32. The van der Waals surface area contributed by atoms with Crippen LogP contribution in [-0.4, -0.2) is 18.7 Å². The number of rotatable bonds is 8. The second-order valence-corrected chi connectivity index (χ2v) is 7.40. The highest BCUT2D eigenvalue weighted by Gasteiger charge is 2.34. The monoisotopic (exact) mass is 418 g/mol. The molecule has 0 aromatic heterocycles. The lowest BCUT2D eigenvalue weighted by atomic mass is 10.2. The van der Waals surface area contributed by atoms with Crippen LogP contribution in [0.5, 0.6) is 0 Å². The molecular formula is C18H19F4N2O3P. The molecule has 0 saturated heterocycles. The molecular weight excluding hydrogens is 399 g/mol. The Morgan fingerprint density at radius 2 is 1.68 bits per heavy atom. The molecule has 0 aliphatic rings. The Balaban J connectivity index is 2.46. The maximum Gasteiger partial charge on any atom is 0.416 e. The maximum absolute atomic E-state index is 13.3. The van der Waals surface area contributed by atoms with E-state index in [-0.39, 0.29) is 29.9 Å². The summed E-state index contributed by atoms with van der Waals surface area (Å²) in [5.74, 6) is -0.517. The third-order valence-electron chi connectivity index (χ3n) is 3.44. The van der Waals surface area contributed by atoms with Gasteiger partial charge in [0.15, 0.2) is 5.45 Å². The zero-order valence-corrected chi connectivity index (χ0v) is 16.1. The van der Waals surface area contributed by atoms with Gasteiger partial charge in [-0.15, -0.1) is 0 Å². The van der Waals surface area contributed by atoms with E-state index in [1.54, 1.807) is 13.8 Å². The Hall–Kier alpha value is -2.22. The summed E-state index contributed by atoms with van der Waals surface area (Å²) in [6.07, 6.45) is -4.52. The van der Waals surface area contributed by atoms with Crippen LogP contribution >= 0.6 is 7.60 Å². The Morgan fingerprint density at radius 1 is 1.07 bits per heavy atom. The molecule has 0 amide bonds. The number of alkyl halides is 3. The fraction of sp³-hybridized carbons (Fsp3) is 0.278. The van der Waals surface area contributed by atoms with Gasteiger partial charge in [-0.25, -0.2) is 4.39 Å². The predicted molar refractivity (Wildman–Crippen MR) is 98.9 cm³/mol. The molecule has 0 aliphatic heterocycles. The fourth-order valence-corrected chi connectivity index (χ4v) is 3.90. The number of anilines is 1. The van der Waals surface area contributed by atoms with Crippen LogP contribution in [0.2, 0.25) is 0 Å². The van der Waals surface area contributed by atoms with Crippen LogP contribution in [-0.2, 0) is 19.8 Å². The standard InChI is InChI=1S/C18H19F4N2O3P/c1-3-26-28(25,27-4-2)17(13-8-10-15(19)11-9-13)24-23-16-7-5-6-14(12-16)18(20,21)22/h5-12,23H,3-4H2,1-2H3/b24-17+. The SMILES string of the molecule is CCOP(=O)(OCC)/C(=N/Nc1cccc(C(F)(F)F)c1)c1ccc(F)cc1. The molecule has 0 aliphatic carbocycles. The van der Waals surface area contributed by atoms with Crippen molar-refractivity contribution >= 4 is 18.7 Å². The first-order valence-electron chi connectivity index (χ1n) is 8.36. The van der Waals surface area contributed by atoms with Crippen molar-refractivity contribution in [3.05, 3.63) is 65.5 Å². The Labute approximate surface area is 159 Å². The van der Waals surface area contributed by atoms with Gasteiger partial charge in [-0.2, -0.15) is 18.3 Å². The molecule has 2 aromatic carbocycles. The number of benzene rings is 2. The van der Waals surface area contributed by atoms with Crippen molar-refractivity contribution in [2.24, 2.45) is 5.10 Å². The molecule has 0 fully saturated rings. The highest BCUT2D eigenvalue weighted by Crippen LogP contribution is 2.51. The van der Waals surface area contributed by atoms with Crippen LogP contribution in [0.4, 0.5) is 23.2 Å². The van der Waals surface area contributed by atoms with E-state index in [0.29, 0.717) is 0 Å². The maximum atomic E-state index is 13.3. The van der Waals surface area contributed by atoms with Crippen molar-refractivity contribution in [2.75, 3.05) is 18.6 Å². The lowest BCUT2D eigenvalue weighted by Crippen LogP contribution is -2.11. The molecule has 0 bridgehead atoms. The zero-order valence-electron chi connectivity index (χ0n) is 15.2. The molecule has 28 heavy (non-hydrogen) atoms. The molecule has 5 nitrogen and oxygen atoms in total. The number of nitrogens with one attached hydrogen (secondary N) is 1. The van der Waals surface area contributed by atoms with Crippen LogP contribution in [0.15, 0.2) is 53.6 Å². The lowest BCUT2D eigenvalue weighted by Gasteiger charge is -2.19. The molecule has 0 unspecified atom stereocenters. The van der Waals surface area contributed by atoms with Gasteiger partial charge in [0.2, 0.25) is 0 Å². The van der Waals surface area contributed by atoms with E-state index in [1.165, 1.54) is 24.3 Å². The molecule has 0 atom stereocenters. The summed E-state index contributed by atoms with van der Waals surface area (Å²) in [6.45, 7) is 3.30. The Kier molecular flexibility index (Phi) is 7.35. The average Bonchev–Trinajstić information content (AvgIpc) is 2.63. The molecule has 0 heterocycles. The van der Waals surface area contributed by atoms with E-state index in [4.69, 9.17) is 9.05 Å². The first-order chi connectivity index (χ1) is 13.2. The molecule has 1 N–H and O–H groups in total.